The summed E-state index contributed by atoms with van der Waals surface area (Å²) in [5.74, 6) is -1.49. The van der Waals surface area contributed by atoms with Crippen molar-refractivity contribution in [3.05, 3.63) is 50.0 Å². The van der Waals surface area contributed by atoms with Gasteiger partial charge in [0, 0.05) is 13.0 Å². The first-order valence-corrected chi connectivity index (χ1v) is 8.91. The maximum atomic E-state index is 13.7. The van der Waals surface area contributed by atoms with E-state index < -0.39 is 28.9 Å². The zero-order valence-electron chi connectivity index (χ0n) is 14.4. The van der Waals surface area contributed by atoms with Gasteiger partial charge < -0.3 is 9.26 Å². The molecule has 0 aliphatic carbocycles. The number of hydrogen-bond acceptors (Lipinski definition) is 5. The Morgan fingerprint density at radius 1 is 1.31 bits per heavy atom. The lowest BCUT2D eigenvalue weighted by atomic mass is 9.71. The van der Waals surface area contributed by atoms with Gasteiger partial charge in [0.05, 0.1) is 28.3 Å². The van der Waals surface area contributed by atoms with Crippen LogP contribution in [-0.4, -0.2) is 28.4 Å². The zero-order valence-corrected chi connectivity index (χ0v) is 16.0. The summed E-state index contributed by atoms with van der Waals surface area (Å²) in [4.78, 5) is 30.1. The topological polar surface area (TPSA) is 73.8 Å². The fourth-order valence-electron chi connectivity index (χ4n) is 3.63. The molecule has 26 heavy (non-hydrogen) atoms. The van der Waals surface area contributed by atoms with Crippen molar-refractivity contribution >= 4 is 33.2 Å². The lowest BCUT2D eigenvalue weighted by Gasteiger charge is -2.40. The van der Waals surface area contributed by atoms with E-state index in [1.807, 2.05) is 0 Å². The van der Waals surface area contributed by atoms with Gasteiger partial charge in [-0.2, -0.15) is 4.74 Å². The number of fused-ring (bicyclic) bond motifs is 2. The van der Waals surface area contributed by atoms with E-state index in [-0.39, 0.29) is 16.9 Å². The van der Waals surface area contributed by atoms with E-state index in [4.69, 9.17) is 9.26 Å². The molecule has 2 aliphatic heterocycles. The van der Waals surface area contributed by atoms with Gasteiger partial charge in [-0.3, -0.25) is 4.79 Å². The number of aromatic nitrogens is 1. The van der Waals surface area contributed by atoms with Crippen LogP contribution in [0.3, 0.4) is 0 Å². The summed E-state index contributed by atoms with van der Waals surface area (Å²) in [5, 5.41) is 0. The van der Waals surface area contributed by atoms with Crippen molar-refractivity contribution in [1.29, 1.82) is 0 Å². The fourth-order valence-corrected chi connectivity index (χ4v) is 4.03. The van der Waals surface area contributed by atoms with Gasteiger partial charge in [0.25, 0.3) is 0 Å². The Labute approximate surface area is 156 Å². The Morgan fingerprint density at radius 3 is 2.73 bits per heavy atom. The maximum Gasteiger partial charge on any atom is 0.363 e. The summed E-state index contributed by atoms with van der Waals surface area (Å²) in [6.07, 6.45) is 0. The molecule has 4 rings (SSSR count). The summed E-state index contributed by atoms with van der Waals surface area (Å²) < 4.78 is 26.1. The molecule has 1 fully saturated rings. The van der Waals surface area contributed by atoms with Gasteiger partial charge in [-0.05, 0) is 47.5 Å². The Balaban J connectivity index is 1.99. The number of Topliss-reactive ketones (excluding diaryl/α,β-unsaturated/α-hetero) is 1. The molecule has 1 aromatic heterocycles. The zero-order chi connectivity index (χ0) is 18.8. The number of carbonyl (C=O) groups is 1. The second-order valence-corrected chi connectivity index (χ2v) is 7.86. The van der Waals surface area contributed by atoms with E-state index >= 15 is 0 Å². The van der Waals surface area contributed by atoms with E-state index in [1.54, 1.807) is 33.0 Å². The first-order valence-electron chi connectivity index (χ1n) is 8.11. The average Bonchev–Trinajstić information content (AvgIpc) is 2.86. The highest BCUT2D eigenvalue weighted by Crippen LogP contribution is 2.45. The minimum absolute atomic E-state index is 0.165. The number of hydrogen-bond donors (Lipinski definition) is 0. The molecule has 0 radical (unpaired) electrons. The van der Waals surface area contributed by atoms with Gasteiger partial charge in [-0.15, -0.1) is 0 Å². The van der Waals surface area contributed by atoms with Gasteiger partial charge in [-0.25, -0.2) is 14.2 Å². The molecular weight excluding hydrogens is 407 g/mol. The highest BCUT2D eigenvalue weighted by Gasteiger charge is 2.50. The van der Waals surface area contributed by atoms with Crippen LogP contribution in [0.25, 0.3) is 0 Å². The molecule has 0 bridgehead atoms. The molecule has 6 nitrogen and oxygen atoms in total. The molecule has 2 unspecified atom stereocenters. The summed E-state index contributed by atoms with van der Waals surface area (Å²) >= 11 is 3.18. The third kappa shape index (κ3) is 2.43. The van der Waals surface area contributed by atoms with Gasteiger partial charge in [0.15, 0.2) is 11.6 Å². The van der Waals surface area contributed by atoms with Crippen molar-refractivity contribution < 1.29 is 18.4 Å². The molecule has 0 spiro atoms. The molecule has 1 saturated heterocycles. The molecule has 2 atom stereocenters. The molecule has 3 heterocycles. The van der Waals surface area contributed by atoms with Crippen LogP contribution in [0.1, 0.15) is 30.9 Å². The lowest BCUT2D eigenvalue weighted by molar-refractivity contribution is -0.144. The summed E-state index contributed by atoms with van der Waals surface area (Å²) in [6.45, 7) is 3.58. The molecular formula is C18H16BrFN2O4. The summed E-state index contributed by atoms with van der Waals surface area (Å²) in [7, 11) is 1.58. The summed E-state index contributed by atoms with van der Waals surface area (Å²) in [5.41, 5.74) is -0.0464. The van der Waals surface area contributed by atoms with Crippen LogP contribution in [0.15, 0.2) is 37.0 Å². The maximum absolute atomic E-state index is 13.7. The van der Waals surface area contributed by atoms with Crippen LogP contribution in [0.5, 0.6) is 0 Å². The second kappa shape index (κ2) is 5.72. The predicted octanol–water partition coefficient (Wildman–Crippen LogP) is 3.09. The van der Waals surface area contributed by atoms with Crippen molar-refractivity contribution in [2.75, 3.05) is 6.61 Å². The van der Waals surface area contributed by atoms with E-state index in [0.717, 1.165) is 0 Å². The number of halogens is 2. The number of nitrogens with zero attached hydrogens (tertiary/aromatic N) is 2. The average molecular weight is 423 g/mol. The van der Waals surface area contributed by atoms with E-state index in [2.05, 4.69) is 20.9 Å². The molecule has 2 aromatic rings. The monoisotopic (exact) mass is 422 g/mol. The lowest BCUT2D eigenvalue weighted by Crippen LogP contribution is -2.53. The summed E-state index contributed by atoms with van der Waals surface area (Å²) in [6, 6.07) is 4.48. The van der Waals surface area contributed by atoms with Crippen LogP contribution in [-0.2, 0) is 16.6 Å². The van der Waals surface area contributed by atoms with Gasteiger partial charge in [0.2, 0.25) is 0 Å². The molecule has 0 saturated carbocycles. The largest absolute Gasteiger partial charge is 0.363 e. The highest BCUT2D eigenvalue weighted by molar-refractivity contribution is 9.10. The molecule has 0 N–H and O–H groups in total. The second-order valence-electron chi connectivity index (χ2n) is 7.01. The number of aliphatic imine (C=N–C) groups is 1. The molecule has 1 aromatic carbocycles. The van der Waals surface area contributed by atoms with Crippen LogP contribution < -0.4 is 5.63 Å². The fraction of sp³-hybridized carbons (Fsp3) is 0.389. The molecule has 136 valence electrons. The normalized spacial score (nSPS) is 24.0. The van der Waals surface area contributed by atoms with Crippen molar-refractivity contribution in [2.24, 2.45) is 18.0 Å². The van der Waals surface area contributed by atoms with E-state index in [0.29, 0.717) is 22.7 Å². The van der Waals surface area contributed by atoms with Crippen molar-refractivity contribution in [1.82, 2.24) is 4.74 Å². The number of benzene rings is 1. The molecule has 8 heteroatoms. The van der Waals surface area contributed by atoms with Crippen LogP contribution in [0.4, 0.5) is 10.2 Å². The van der Waals surface area contributed by atoms with Crippen molar-refractivity contribution in [3.8, 4) is 0 Å². The van der Waals surface area contributed by atoms with Crippen molar-refractivity contribution in [2.45, 2.75) is 25.4 Å². The Kier molecular flexibility index (Phi) is 3.82. The smallest absolute Gasteiger partial charge is 0.362 e. The van der Waals surface area contributed by atoms with Crippen molar-refractivity contribution in [3.63, 3.8) is 0 Å². The van der Waals surface area contributed by atoms with Crippen LogP contribution in [0.2, 0.25) is 0 Å². The third-order valence-corrected chi connectivity index (χ3v) is 5.60. The van der Waals surface area contributed by atoms with Gasteiger partial charge >= 0.3 is 5.63 Å². The standard InChI is InChI=1S/C18H16BrFN2O4/c1-18(2)15(23)13-11(7-25-18)21-16-14(17(24)26-22(16)3)12(13)8-4-5-10(20)9(19)6-8/h4-6,12-13H,7H2,1-3H3. The quantitative estimate of drug-likeness (QED) is 0.707. The predicted molar refractivity (Wildman–Crippen MR) is 95.5 cm³/mol. The van der Waals surface area contributed by atoms with Crippen LogP contribution in [0, 0.1) is 11.7 Å². The van der Waals surface area contributed by atoms with Gasteiger partial charge in [0.1, 0.15) is 11.4 Å². The van der Waals surface area contributed by atoms with Crippen LogP contribution >= 0.6 is 15.9 Å². The van der Waals surface area contributed by atoms with Gasteiger partial charge in [-0.1, -0.05) is 6.07 Å². The molecule has 0 amide bonds. The molecule has 2 aliphatic rings. The minimum atomic E-state index is -0.994. The highest BCUT2D eigenvalue weighted by atomic mass is 79.9. The first kappa shape index (κ1) is 17.4. The number of ether oxygens (including phenoxy) is 1. The number of rotatable bonds is 1. The number of ketones is 1. The Morgan fingerprint density at radius 2 is 2.04 bits per heavy atom. The first-order chi connectivity index (χ1) is 12.2. The number of aryl methyl sites for hydroxylation is 1. The van der Waals surface area contributed by atoms with E-state index in [9.17, 15) is 14.0 Å². The minimum Gasteiger partial charge on any atom is -0.362 e. The van der Waals surface area contributed by atoms with E-state index in [1.165, 1.54) is 10.8 Å². The Bertz CT molecular complexity index is 1020. The third-order valence-electron chi connectivity index (χ3n) is 4.99. The SMILES string of the molecule is Cn1oc(=O)c2c1N=C1COC(C)(C)C(=O)C1C2c1ccc(F)c(Br)c1. The number of carbonyl (C=O) groups excluding carboxylic acids is 1. The Hall–Kier alpha value is -2.06.